The lowest BCUT2D eigenvalue weighted by Gasteiger charge is -2.28. The molecule has 170 valence electrons. The zero-order valence-electron chi connectivity index (χ0n) is 18.0. The molecule has 0 saturated carbocycles. The van der Waals surface area contributed by atoms with Crippen molar-refractivity contribution >= 4 is 5.91 Å². The van der Waals surface area contributed by atoms with Gasteiger partial charge in [-0.3, -0.25) is 9.78 Å². The van der Waals surface area contributed by atoms with Crippen LogP contribution in [0.3, 0.4) is 0 Å². The van der Waals surface area contributed by atoms with Gasteiger partial charge in [-0.05, 0) is 37.6 Å². The number of alkyl halides is 3. The maximum atomic E-state index is 13.4. The lowest BCUT2D eigenvalue weighted by Crippen LogP contribution is -2.42. The number of carbonyl (C=O) groups is 1. The van der Waals surface area contributed by atoms with Crippen LogP contribution in [-0.4, -0.2) is 40.0 Å². The van der Waals surface area contributed by atoms with E-state index in [-0.39, 0.29) is 24.4 Å². The van der Waals surface area contributed by atoms with Crippen LogP contribution in [0.15, 0.2) is 61.1 Å². The van der Waals surface area contributed by atoms with Gasteiger partial charge in [0.1, 0.15) is 12.7 Å². The molecular formula is C24H21F3N4O2. The first kappa shape index (κ1) is 23.7. The number of halogens is 3. The van der Waals surface area contributed by atoms with Crippen molar-refractivity contribution in [1.29, 1.82) is 5.26 Å². The van der Waals surface area contributed by atoms with Crippen molar-refractivity contribution in [1.82, 2.24) is 14.9 Å². The van der Waals surface area contributed by atoms with E-state index >= 15 is 0 Å². The summed E-state index contributed by atoms with van der Waals surface area (Å²) in [5.41, 5.74) is 1.25. The second-order valence-corrected chi connectivity index (χ2v) is 7.25. The zero-order chi connectivity index (χ0) is 24.0. The average molecular weight is 454 g/mol. The summed E-state index contributed by atoms with van der Waals surface area (Å²) in [7, 11) is 0. The zero-order valence-corrected chi connectivity index (χ0v) is 18.0. The van der Waals surface area contributed by atoms with Gasteiger partial charge in [0.15, 0.2) is 0 Å². The van der Waals surface area contributed by atoms with Gasteiger partial charge in [-0.15, -0.1) is 0 Å². The quantitative estimate of drug-likeness (QED) is 0.504. The minimum absolute atomic E-state index is 0.0399. The highest BCUT2D eigenvalue weighted by atomic mass is 19.4. The molecule has 33 heavy (non-hydrogen) atoms. The smallest absolute Gasteiger partial charge is 0.417 e. The molecule has 0 aliphatic carbocycles. The molecule has 0 fully saturated rings. The summed E-state index contributed by atoms with van der Waals surface area (Å²) in [4.78, 5) is 22.7. The minimum Gasteiger partial charge on any atom is -0.475 e. The second-order valence-electron chi connectivity index (χ2n) is 7.25. The Morgan fingerprint density at radius 1 is 1.18 bits per heavy atom. The van der Waals surface area contributed by atoms with Gasteiger partial charge in [0.25, 0.3) is 5.91 Å². The predicted octanol–water partition coefficient (Wildman–Crippen LogP) is 4.96. The Balaban J connectivity index is 1.77. The van der Waals surface area contributed by atoms with Crippen molar-refractivity contribution in [3.63, 3.8) is 0 Å². The van der Waals surface area contributed by atoms with Gasteiger partial charge in [-0.1, -0.05) is 18.2 Å². The van der Waals surface area contributed by atoms with Crippen molar-refractivity contribution in [3.05, 3.63) is 77.7 Å². The molecule has 1 aromatic carbocycles. The van der Waals surface area contributed by atoms with Crippen LogP contribution in [-0.2, 0) is 6.18 Å². The third kappa shape index (κ3) is 5.66. The summed E-state index contributed by atoms with van der Waals surface area (Å²) >= 11 is 0. The highest BCUT2D eigenvalue weighted by molar-refractivity contribution is 6.01. The number of benzene rings is 1. The highest BCUT2D eigenvalue weighted by Gasteiger charge is 2.31. The molecule has 0 bridgehead atoms. The average Bonchev–Trinajstić information content (AvgIpc) is 2.83. The second kappa shape index (κ2) is 10.1. The number of amides is 1. The number of hydrogen-bond acceptors (Lipinski definition) is 5. The van der Waals surface area contributed by atoms with Gasteiger partial charge >= 0.3 is 6.18 Å². The number of aromatic nitrogens is 2. The van der Waals surface area contributed by atoms with Gasteiger partial charge in [-0.25, -0.2) is 4.98 Å². The Kier molecular flexibility index (Phi) is 7.28. The van der Waals surface area contributed by atoms with Gasteiger partial charge in [0.2, 0.25) is 5.88 Å². The van der Waals surface area contributed by atoms with Crippen LogP contribution in [0, 0.1) is 11.3 Å². The van der Waals surface area contributed by atoms with E-state index in [0.29, 0.717) is 35.0 Å². The molecule has 2 heterocycles. The van der Waals surface area contributed by atoms with Crippen LogP contribution in [0.2, 0.25) is 0 Å². The summed E-state index contributed by atoms with van der Waals surface area (Å²) in [6.45, 7) is 4.04. The Morgan fingerprint density at radius 3 is 2.58 bits per heavy atom. The third-order valence-corrected chi connectivity index (χ3v) is 5.01. The fraction of sp³-hybridized carbons (Fsp3) is 0.250. The number of ether oxygens (including phenoxy) is 1. The van der Waals surface area contributed by atoms with E-state index < -0.39 is 11.7 Å². The van der Waals surface area contributed by atoms with Crippen LogP contribution < -0.4 is 4.74 Å². The molecule has 1 atom stereocenters. The van der Waals surface area contributed by atoms with E-state index in [1.54, 1.807) is 48.4 Å². The van der Waals surface area contributed by atoms with E-state index in [2.05, 4.69) is 9.97 Å². The fourth-order valence-corrected chi connectivity index (χ4v) is 3.31. The van der Waals surface area contributed by atoms with E-state index in [4.69, 9.17) is 10.00 Å². The number of likely N-dealkylation sites (N-methyl/N-ethyl adjacent to an activating group) is 1. The van der Waals surface area contributed by atoms with Crippen molar-refractivity contribution in [2.45, 2.75) is 26.1 Å². The number of hydrogen-bond donors (Lipinski definition) is 0. The van der Waals surface area contributed by atoms with Crippen LogP contribution >= 0.6 is 0 Å². The summed E-state index contributed by atoms with van der Waals surface area (Å²) in [5, 5.41) is 9.15. The first-order valence-corrected chi connectivity index (χ1v) is 10.2. The van der Waals surface area contributed by atoms with Gasteiger partial charge in [0, 0.05) is 42.3 Å². The summed E-state index contributed by atoms with van der Waals surface area (Å²) in [6, 6.07) is 12.4. The Bertz CT molecular complexity index is 1160. The summed E-state index contributed by atoms with van der Waals surface area (Å²) < 4.78 is 43.6. The largest absolute Gasteiger partial charge is 0.475 e. The normalized spacial score (nSPS) is 12.0. The number of carbonyl (C=O) groups excluding carboxylic acids is 1. The fourth-order valence-electron chi connectivity index (χ4n) is 3.31. The van der Waals surface area contributed by atoms with E-state index in [1.165, 1.54) is 6.20 Å². The molecule has 1 unspecified atom stereocenters. The number of nitriles is 1. The molecular weight excluding hydrogens is 433 g/mol. The number of nitrogens with zero attached hydrogens (tertiary/aromatic N) is 4. The SMILES string of the molecule is CCN(C(=O)c1ccccc1-c1cncc(C#N)c1)C(C)COc1ccc(C(F)(F)F)cn1. The van der Waals surface area contributed by atoms with Crippen LogP contribution in [0.5, 0.6) is 5.88 Å². The molecule has 3 aromatic rings. The van der Waals surface area contributed by atoms with E-state index in [0.717, 1.165) is 12.1 Å². The van der Waals surface area contributed by atoms with Crippen molar-refractivity contribution in [3.8, 4) is 23.1 Å². The molecule has 0 spiro atoms. The Morgan fingerprint density at radius 2 is 1.94 bits per heavy atom. The minimum atomic E-state index is -4.47. The van der Waals surface area contributed by atoms with Crippen molar-refractivity contribution < 1.29 is 22.7 Å². The number of rotatable bonds is 7. The molecule has 0 N–H and O–H groups in total. The molecule has 2 aromatic heterocycles. The number of pyridine rings is 2. The molecule has 0 aliphatic heterocycles. The monoisotopic (exact) mass is 454 g/mol. The van der Waals surface area contributed by atoms with Crippen molar-refractivity contribution in [2.75, 3.05) is 13.2 Å². The van der Waals surface area contributed by atoms with E-state index in [9.17, 15) is 18.0 Å². The molecule has 0 aliphatic rings. The molecule has 9 heteroatoms. The predicted molar refractivity (Wildman–Crippen MR) is 115 cm³/mol. The standard InChI is InChI=1S/C24H21F3N4O2/c1-3-31(16(2)15-33-22-9-8-19(14-30-22)24(25,26)27)23(32)21-7-5-4-6-20(21)18-10-17(11-28)12-29-13-18/h4-10,12-14,16H,3,15H2,1-2H3. The Hall–Kier alpha value is -3.93. The molecule has 0 radical (unpaired) electrons. The molecule has 6 nitrogen and oxygen atoms in total. The van der Waals surface area contributed by atoms with E-state index in [1.807, 2.05) is 13.0 Å². The van der Waals surface area contributed by atoms with Crippen LogP contribution in [0.25, 0.3) is 11.1 Å². The first-order chi connectivity index (χ1) is 15.7. The van der Waals surface area contributed by atoms with Crippen LogP contribution in [0.4, 0.5) is 13.2 Å². The van der Waals surface area contributed by atoms with Crippen molar-refractivity contribution in [2.24, 2.45) is 0 Å². The van der Waals surface area contributed by atoms with Gasteiger partial charge in [0.05, 0.1) is 17.2 Å². The maximum absolute atomic E-state index is 13.4. The lowest BCUT2D eigenvalue weighted by atomic mass is 9.99. The third-order valence-electron chi connectivity index (χ3n) is 5.01. The molecule has 1 amide bonds. The summed E-state index contributed by atoms with van der Waals surface area (Å²) in [6.07, 6.45) is -0.727. The maximum Gasteiger partial charge on any atom is 0.417 e. The Labute approximate surface area is 189 Å². The van der Waals surface area contributed by atoms with Crippen LogP contribution in [0.1, 0.15) is 35.3 Å². The first-order valence-electron chi connectivity index (χ1n) is 10.2. The molecule has 3 rings (SSSR count). The van der Waals surface area contributed by atoms with Gasteiger partial charge < -0.3 is 9.64 Å². The lowest BCUT2D eigenvalue weighted by molar-refractivity contribution is -0.137. The molecule has 0 saturated heterocycles. The topological polar surface area (TPSA) is 79.1 Å². The summed E-state index contributed by atoms with van der Waals surface area (Å²) in [5.74, 6) is -0.204. The van der Waals surface area contributed by atoms with Gasteiger partial charge in [-0.2, -0.15) is 18.4 Å². The highest BCUT2D eigenvalue weighted by Crippen LogP contribution is 2.29.